The summed E-state index contributed by atoms with van der Waals surface area (Å²) < 4.78 is 19.3. The topological polar surface area (TPSA) is 21.3 Å². The summed E-state index contributed by atoms with van der Waals surface area (Å²) in [6, 6.07) is 5.28. The first-order valence-electron chi connectivity index (χ1n) is 7.16. The van der Waals surface area contributed by atoms with Crippen LogP contribution in [0.2, 0.25) is 0 Å². The van der Waals surface area contributed by atoms with Crippen LogP contribution in [0, 0.1) is 17.7 Å². The van der Waals surface area contributed by atoms with Crippen LogP contribution < -0.4 is 10.1 Å². The highest BCUT2D eigenvalue weighted by Gasteiger charge is 2.28. The summed E-state index contributed by atoms with van der Waals surface area (Å²) in [7, 11) is 3.49. The molecule has 1 fully saturated rings. The van der Waals surface area contributed by atoms with Crippen molar-refractivity contribution in [3.05, 3.63) is 29.6 Å². The van der Waals surface area contributed by atoms with Crippen LogP contribution in [0.1, 0.15) is 44.2 Å². The zero-order valence-electron chi connectivity index (χ0n) is 12.1. The van der Waals surface area contributed by atoms with Gasteiger partial charge in [0.25, 0.3) is 0 Å². The summed E-state index contributed by atoms with van der Waals surface area (Å²) in [6.07, 6.45) is 4.91. The van der Waals surface area contributed by atoms with Crippen molar-refractivity contribution >= 4 is 0 Å². The quantitative estimate of drug-likeness (QED) is 0.891. The van der Waals surface area contributed by atoms with Gasteiger partial charge in [-0.3, -0.25) is 0 Å². The molecule has 0 saturated heterocycles. The van der Waals surface area contributed by atoms with Crippen molar-refractivity contribution in [1.29, 1.82) is 0 Å². The standard InChI is InChI=1S/C16H24FNO/c1-11-5-4-6-12(9-11)16(18-2)14-8-7-13(19-3)10-15(14)17/h7-8,10-12,16,18H,4-6,9H2,1-3H3. The molecule has 106 valence electrons. The molecule has 0 amide bonds. The molecule has 2 nitrogen and oxygen atoms in total. The van der Waals surface area contributed by atoms with Crippen molar-refractivity contribution < 1.29 is 9.13 Å². The van der Waals surface area contributed by atoms with Crippen molar-refractivity contribution in [1.82, 2.24) is 5.32 Å². The Hall–Kier alpha value is -1.09. The predicted octanol–water partition coefficient (Wildman–Crippen LogP) is 3.92. The van der Waals surface area contributed by atoms with Gasteiger partial charge in [0.05, 0.1) is 7.11 Å². The normalized spacial score (nSPS) is 25.1. The first-order chi connectivity index (χ1) is 9.15. The van der Waals surface area contributed by atoms with Crippen LogP contribution >= 0.6 is 0 Å². The maximum absolute atomic E-state index is 14.2. The van der Waals surface area contributed by atoms with Gasteiger partial charge in [-0.2, -0.15) is 0 Å². The highest BCUT2D eigenvalue weighted by atomic mass is 19.1. The first-order valence-corrected chi connectivity index (χ1v) is 7.16. The minimum Gasteiger partial charge on any atom is -0.497 e. The van der Waals surface area contributed by atoms with Gasteiger partial charge in [0.15, 0.2) is 0 Å². The lowest BCUT2D eigenvalue weighted by Gasteiger charge is -2.33. The zero-order valence-corrected chi connectivity index (χ0v) is 12.1. The third kappa shape index (κ3) is 3.27. The average molecular weight is 265 g/mol. The van der Waals surface area contributed by atoms with E-state index >= 15 is 0 Å². The van der Waals surface area contributed by atoms with E-state index in [0.717, 1.165) is 11.5 Å². The molecule has 3 atom stereocenters. The molecule has 0 heterocycles. The Morgan fingerprint density at radius 1 is 1.37 bits per heavy atom. The lowest BCUT2D eigenvalue weighted by molar-refractivity contribution is 0.227. The number of methoxy groups -OCH3 is 1. The van der Waals surface area contributed by atoms with Gasteiger partial charge in [-0.1, -0.05) is 25.8 Å². The summed E-state index contributed by atoms with van der Waals surface area (Å²) >= 11 is 0. The molecule has 1 N–H and O–H groups in total. The Morgan fingerprint density at radius 3 is 2.74 bits per heavy atom. The molecule has 0 radical (unpaired) electrons. The second-order valence-electron chi connectivity index (χ2n) is 5.69. The fourth-order valence-corrected chi connectivity index (χ4v) is 3.32. The molecular weight excluding hydrogens is 241 g/mol. The first kappa shape index (κ1) is 14.3. The minimum atomic E-state index is -0.170. The average Bonchev–Trinajstić information content (AvgIpc) is 2.41. The fourth-order valence-electron chi connectivity index (χ4n) is 3.32. The number of halogens is 1. The summed E-state index contributed by atoms with van der Waals surface area (Å²) in [6.45, 7) is 2.29. The lowest BCUT2D eigenvalue weighted by Crippen LogP contribution is -2.29. The molecule has 1 aliphatic rings. The van der Waals surface area contributed by atoms with E-state index in [1.165, 1.54) is 31.7 Å². The third-order valence-corrected chi connectivity index (χ3v) is 4.30. The highest BCUT2D eigenvalue weighted by molar-refractivity contribution is 5.31. The van der Waals surface area contributed by atoms with Crippen LogP contribution in [0.5, 0.6) is 5.75 Å². The number of hydrogen-bond donors (Lipinski definition) is 1. The number of benzene rings is 1. The largest absolute Gasteiger partial charge is 0.497 e. The van der Waals surface area contributed by atoms with E-state index in [2.05, 4.69) is 12.2 Å². The van der Waals surface area contributed by atoms with Crippen LogP contribution in [0.4, 0.5) is 4.39 Å². The van der Waals surface area contributed by atoms with Crippen LogP contribution in [0.3, 0.4) is 0 Å². The van der Waals surface area contributed by atoms with Gasteiger partial charge in [0.2, 0.25) is 0 Å². The Labute approximate surface area is 115 Å². The summed E-state index contributed by atoms with van der Waals surface area (Å²) in [5.74, 6) is 1.68. The molecule has 1 aliphatic carbocycles. The molecule has 3 heteroatoms. The van der Waals surface area contributed by atoms with Gasteiger partial charge in [-0.05, 0) is 37.8 Å². The second-order valence-corrected chi connectivity index (χ2v) is 5.69. The number of ether oxygens (including phenoxy) is 1. The molecule has 1 saturated carbocycles. The van der Waals surface area contributed by atoms with E-state index in [1.54, 1.807) is 7.11 Å². The van der Waals surface area contributed by atoms with Crippen LogP contribution in [0.15, 0.2) is 18.2 Å². The fraction of sp³-hybridized carbons (Fsp3) is 0.625. The van der Waals surface area contributed by atoms with Crippen molar-refractivity contribution in [3.8, 4) is 5.75 Å². The van der Waals surface area contributed by atoms with Gasteiger partial charge in [-0.15, -0.1) is 0 Å². The van der Waals surface area contributed by atoms with Crippen LogP contribution in [-0.4, -0.2) is 14.2 Å². The maximum atomic E-state index is 14.2. The summed E-state index contributed by atoms with van der Waals surface area (Å²) in [5, 5.41) is 3.31. The minimum absolute atomic E-state index is 0.105. The summed E-state index contributed by atoms with van der Waals surface area (Å²) in [4.78, 5) is 0. The highest BCUT2D eigenvalue weighted by Crippen LogP contribution is 2.38. The monoisotopic (exact) mass is 265 g/mol. The summed E-state index contributed by atoms with van der Waals surface area (Å²) in [5.41, 5.74) is 0.766. The Kier molecular flexibility index (Phi) is 4.81. The van der Waals surface area contributed by atoms with E-state index in [1.807, 2.05) is 19.2 Å². The number of nitrogens with one attached hydrogen (secondary N) is 1. The zero-order chi connectivity index (χ0) is 13.8. The number of rotatable bonds is 4. The van der Waals surface area contributed by atoms with Crippen LogP contribution in [0.25, 0.3) is 0 Å². The Morgan fingerprint density at radius 2 is 2.16 bits per heavy atom. The van der Waals surface area contributed by atoms with Crippen molar-refractivity contribution in [2.45, 2.75) is 38.6 Å². The van der Waals surface area contributed by atoms with Crippen molar-refractivity contribution in [2.24, 2.45) is 11.8 Å². The SMILES string of the molecule is CNC(c1ccc(OC)cc1F)C1CCCC(C)C1. The van der Waals surface area contributed by atoms with Gasteiger partial charge >= 0.3 is 0 Å². The van der Waals surface area contributed by atoms with Crippen molar-refractivity contribution in [2.75, 3.05) is 14.2 Å². The number of hydrogen-bond acceptors (Lipinski definition) is 2. The van der Waals surface area contributed by atoms with Crippen LogP contribution in [-0.2, 0) is 0 Å². The van der Waals surface area contributed by atoms with Gasteiger partial charge in [0, 0.05) is 17.7 Å². The van der Waals surface area contributed by atoms with Gasteiger partial charge in [-0.25, -0.2) is 4.39 Å². The van der Waals surface area contributed by atoms with Gasteiger partial charge < -0.3 is 10.1 Å². The molecule has 2 rings (SSSR count). The van der Waals surface area contributed by atoms with E-state index < -0.39 is 0 Å². The third-order valence-electron chi connectivity index (χ3n) is 4.30. The molecule has 1 aromatic rings. The molecule has 0 spiro atoms. The molecule has 3 unspecified atom stereocenters. The smallest absolute Gasteiger partial charge is 0.131 e. The molecule has 1 aromatic carbocycles. The Bertz CT molecular complexity index is 421. The van der Waals surface area contributed by atoms with E-state index in [-0.39, 0.29) is 11.9 Å². The molecular formula is C16H24FNO. The molecule has 0 bridgehead atoms. The van der Waals surface area contributed by atoms with E-state index in [0.29, 0.717) is 11.7 Å². The lowest BCUT2D eigenvalue weighted by atomic mass is 9.76. The van der Waals surface area contributed by atoms with E-state index in [4.69, 9.17) is 4.74 Å². The Balaban J connectivity index is 2.21. The predicted molar refractivity (Wildman–Crippen MR) is 75.9 cm³/mol. The second kappa shape index (κ2) is 6.38. The van der Waals surface area contributed by atoms with Crippen molar-refractivity contribution in [3.63, 3.8) is 0 Å². The molecule has 19 heavy (non-hydrogen) atoms. The maximum Gasteiger partial charge on any atom is 0.131 e. The van der Waals surface area contributed by atoms with E-state index in [9.17, 15) is 4.39 Å². The van der Waals surface area contributed by atoms with Gasteiger partial charge in [0.1, 0.15) is 11.6 Å². The molecule has 0 aromatic heterocycles. The molecule has 0 aliphatic heterocycles.